The number of nitrogens with one attached hydrogen (secondary N) is 1. The third-order valence-electron chi connectivity index (χ3n) is 6.70. The molecule has 1 N–H and O–H groups in total. The van der Waals surface area contributed by atoms with E-state index in [-0.39, 0.29) is 17.4 Å². The number of hydrogen-bond donors (Lipinski definition) is 1. The Hall–Kier alpha value is -3.02. The van der Waals surface area contributed by atoms with Gasteiger partial charge in [-0.25, -0.2) is 0 Å². The van der Waals surface area contributed by atoms with E-state index in [9.17, 15) is 4.79 Å². The quantitative estimate of drug-likeness (QED) is 0.813. The lowest BCUT2D eigenvalue weighted by atomic mass is 9.58. The Balaban J connectivity index is 1.74. The molecule has 0 saturated carbocycles. The minimum Gasteiger partial charge on any atom is -0.362 e. The molecule has 6 nitrogen and oxygen atoms in total. The van der Waals surface area contributed by atoms with Crippen LogP contribution in [0.15, 0.2) is 69.9 Å². The fourth-order valence-electron chi connectivity index (χ4n) is 5.42. The molecule has 0 radical (unpaired) electrons. The lowest BCUT2D eigenvalue weighted by Gasteiger charge is -2.47. The average molecular weight is 402 g/mol. The van der Waals surface area contributed by atoms with Crippen molar-refractivity contribution in [1.29, 1.82) is 0 Å². The highest BCUT2D eigenvalue weighted by molar-refractivity contribution is 6.01. The lowest BCUT2D eigenvalue weighted by Crippen LogP contribution is -2.51. The largest absolute Gasteiger partial charge is 0.362 e. The zero-order valence-corrected chi connectivity index (χ0v) is 17.9. The van der Waals surface area contributed by atoms with E-state index < -0.39 is 5.41 Å². The van der Waals surface area contributed by atoms with Crippen LogP contribution in [0.25, 0.3) is 11.1 Å². The number of fused-ring (bicyclic) bond motifs is 1. The van der Waals surface area contributed by atoms with Crippen molar-refractivity contribution in [3.8, 4) is 11.1 Å². The number of azo groups is 1. The van der Waals surface area contributed by atoms with Crippen LogP contribution >= 0.6 is 0 Å². The third kappa shape index (κ3) is 2.70. The highest BCUT2D eigenvalue weighted by Crippen LogP contribution is 2.53. The Kier molecular flexibility index (Phi) is 4.10. The van der Waals surface area contributed by atoms with Gasteiger partial charge >= 0.3 is 0 Å². The smallest absolute Gasteiger partial charge is 0.164 e. The molecule has 0 bridgehead atoms. The molecule has 6 heteroatoms. The topological polar surface area (TPSA) is 71.6 Å². The standard InChI is InChI=1S/C24H27N5O/c1-5-24(17-8-6-7-15(9-17)16-12-26-29(4)14-16)18-13-25-28-22(18)27-19-10-23(2,3)11-20(30)21(19)24/h6-9,12-14,22,27H,5,10-11H2,1-4H3. The van der Waals surface area contributed by atoms with E-state index in [0.29, 0.717) is 6.42 Å². The van der Waals surface area contributed by atoms with Crippen LogP contribution in [-0.2, 0) is 17.3 Å². The van der Waals surface area contributed by atoms with Gasteiger partial charge in [0.2, 0.25) is 0 Å². The molecular weight excluding hydrogens is 374 g/mol. The molecule has 2 atom stereocenters. The molecular formula is C24H27N5O. The van der Waals surface area contributed by atoms with Gasteiger partial charge in [0.05, 0.1) is 17.8 Å². The van der Waals surface area contributed by atoms with Crippen molar-refractivity contribution in [3.63, 3.8) is 0 Å². The van der Waals surface area contributed by atoms with Gasteiger partial charge in [0.1, 0.15) is 0 Å². The highest BCUT2D eigenvalue weighted by Gasteiger charge is 2.52. The minimum absolute atomic E-state index is 0.0586. The Labute approximate surface area is 176 Å². The Morgan fingerprint density at radius 2 is 2.07 bits per heavy atom. The van der Waals surface area contributed by atoms with E-state index in [1.165, 1.54) is 0 Å². The number of aryl methyl sites for hydroxylation is 1. The lowest BCUT2D eigenvalue weighted by molar-refractivity contribution is -0.119. The SMILES string of the molecule is CCC1(c2cccc(-c3cnn(C)c3)c2)C2=CN=NC2NC2=C1C(=O)CC(C)(C)C2. The summed E-state index contributed by atoms with van der Waals surface area (Å²) in [5.74, 6) is 0.230. The maximum atomic E-state index is 13.5. The van der Waals surface area contributed by atoms with Crippen LogP contribution in [0.2, 0.25) is 0 Å². The van der Waals surface area contributed by atoms with E-state index in [2.05, 4.69) is 65.7 Å². The molecule has 154 valence electrons. The predicted molar refractivity (Wildman–Crippen MR) is 116 cm³/mol. The number of carbonyl (C=O) groups excluding carboxylic acids is 1. The second-order valence-corrected chi connectivity index (χ2v) is 9.40. The van der Waals surface area contributed by atoms with Gasteiger partial charge in [-0.3, -0.25) is 9.48 Å². The second-order valence-electron chi connectivity index (χ2n) is 9.40. The van der Waals surface area contributed by atoms with Gasteiger partial charge in [0, 0.05) is 42.1 Å². The molecule has 3 heterocycles. The molecule has 0 saturated heterocycles. The number of hydrogen-bond acceptors (Lipinski definition) is 5. The van der Waals surface area contributed by atoms with E-state index in [1.807, 2.05) is 30.3 Å². The zero-order chi connectivity index (χ0) is 21.1. The van der Waals surface area contributed by atoms with Crippen LogP contribution in [-0.4, -0.2) is 21.7 Å². The van der Waals surface area contributed by atoms with Crippen LogP contribution in [0.3, 0.4) is 0 Å². The summed E-state index contributed by atoms with van der Waals surface area (Å²) >= 11 is 0. The molecule has 2 aliphatic heterocycles. The average Bonchev–Trinajstić information content (AvgIpc) is 3.34. The summed E-state index contributed by atoms with van der Waals surface area (Å²) in [6.45, 7) is 6.49. The highest BCUT2D eigenvalue weighted by atomic mass is 16.1. The number of ketones is 1. The first-order chi connectivity index (χ1) is 14.3. The molecule has 5 rings (SSSR count). The van der Waals surface area contributed by atoms with Crippen LogP contribution in [0, 0.1) is 5.41 Å². The van der Waals surface area contributed by atoms with Crippen LogP contribution < -0.4 is 5.32 Å². The van der Waals surface area contributed by atoms with Crippen molar-refractivity contribution in [2.24, 2.45) is 22.7 Å². The van der Waals surface area contributed by atoms with Crippen LogP contribution in [0.4, 0.5) is 0 Å². The molecule has 1 aromatic heterocycles. The van der Waals surface area contributed by atoms with E-state index in [1.54, 1.807) is 0 Å². The van der Waals surface area contributed by atoms with Gasteiger partial charge in [0.15, 0.2) is 11.9 Å². The Morgan fingerprint density at radius 1 is 1.23 bits per heavy atom. The zero-order valence-electron chi connectivity index (χ0n) is 17.9. The van der Waals surface area contributed by atoms with Gasteiger partial charge in [-0.05, 0) is 35.4 Å². The van der Waals surface area contributed by atoms with Crippen LogP contribution in [0.5, 0.6) is 0 Å². The monoisotopic (exact) mass is 401 g/mol. The maximum absolute atomic E-state index is 13.5. The normalized spacial score (nSPS) is 26.9. The van der Waals surface area contributed by atoms with Crippen molar-refractivity contribution < 1.29 is 4.79 Å². The van der Waals surface area contributed by atoms with Gasteiger partial charge in [-0.15, -0.1) is 0 Å². The molecule has 30 heavy (non-hydrogen) atoms. The second kappa shape index (κ2) is 6.49. The van der Waals surface area contributed by atoms with Gasteiger partial charge < -0.3 is 5.32 Å². The van der Waals surface area contributed by atoms with Gasteiger partial charge in [0.25, 0.3) is 0 Å². The Morgan fingerprint density at radius 3 is 2.80 bits per heavy atom. The van der Waals surface area contributed by atoms with Gasteiger partial charge in [-0.2, -0.15) is 15.3 Å². The predicted octanol–water partition coefficient (Wildman–Crippen LogP) is 4.66. The number of carbonyl (C=O) groups is 1. The Bertz CT molecular complexity index is 1140. The fraction of sp³-hybridized carbons (Fsp3) is 0.417. The van der Waals surface area contributed by atoms with Crippen LogP contribution in [0.1, 0.15) is 45.6 Å². The molecule has 0 fully saturated rings. The van der Waals surface area contributed by atoms with Crippen molar-refractivity contribution in [3.05, 3.63) is 65.3 Å². The van der Waals surface area contributed by atoms with Crippen molar-refractivity contribution in [2.45, 2.75) is 51.6 Å². The maximum Gasteiger partial charge on any atom is 0.164 e. The van der Waals surface area contributed by atoms with Crippen molar-refractivity contribution in [2.75, 3.05) is 0 Å². The number of rotatable bonds is 3. The summed E-state index contributed by atoms with van der Waals surface area (Å²) in [4.78, 5) is 13.5. The third-order valence-corrected chi connectivity index (χ3v) is 6.70. The van der Waals surface area contributed by atoms with E-state index in [4.69, 9.17) is 0 Å². The fourth-order valence-corrected chi connectivity index (χ4v) is 5.42. The minimum atomic E-state index is -0.513. The first-order valence-corrected chi connectivity index (χ1v) is 10.6. The summed E-state index contributed by atoms with van der Waals surface area (Å²) in [6, 6.07) is 8.52. The van der Waals surface area contributed by atoms with E-state index >= 15 is 0 Å². The molecule has 2 aromatic rings. The molecule has 1 aliphatic carbocycles. The first-order valence-electron chi connectivity index (χ1n) is 10.6. The summed E-state index contributed by atoms with van der Waals surface area (Å²) in [5.41, 5.74) is 5.72. The van der Waals surface area contributed by atoms with Gasteiger partial charge in [-0.1, -0.05) is 39.0 Å². The molecule has 3 aliphatic rings. The summed E-state index contributed by atoms with van der Waals surface area (Å²) in [6.07, 6.45) is 7.73. The number of Topliss-reactive ketones (excluding diaryl/α,β-unsaturated/α-hetero) is 1. The molecule has 0 amide bonds. The summed E-state index contributed by atoms with van der Waals surface area (Å²) < 4.78 is 1.81. The summed E-state index contributed by atoms with van der Waals surface area (Å²) in [7, 11) is 1.92. The number of benzene rings is 1. The number of allylic oxidation sites excluding steroid dienone is 2. The summed E-state index contributed by atoms with van der Waals surface area (Å²) in [5, 5.41) is 16.5. The van der Waals surface area contributed by atoms with E-state index in [0.717, 1.165) is 46.4 Å². The van der Waals surface area contributed by atoms with Crippen molar-refractivity contribution >= 4 is 5.78 Å². The molecule has 1 aromatic carbocycles. The molecule has 2 unspecified atom stereocenters. The van der Waals surface area contributed by atoms with Crippen molar-refractivity contribution in [1.82, 2.24) is 15.1 Å². The number of aromatic nitrogens is 2. The number of nitrogens with zero attached hydrogens (tertiary/aromatic N) is 4. The first kappa shape index (κ1) is 19.0. The molecule has 0 spiro atoms.